The predicted octanol–water partition coefficient (Wildman–Crippen LogP) is 5.16. The van der Waals surface area contributed by atoms with Crippen molar-refractivity contribution in [3.8, 4) is 0 Å². The van der Waals surface area contributed by atoms with E-state index in [2.05, 4.69) is 40.6 Å². The molecule has 6 unspecified atom stereocenters. The third-order valence-corrected chi connectivity index (χ3v) is 13.2. The Labute approximate surface area is 228 Å². The molecule has 40 heavy (non-hydrogen) atoms. The minimum absolute atomic E-state index is 0.219. The van der Waals surface area contributed by atoms with Crippen LogP contribution in [0.4, 0.5) is 0 Å². The molecule has 0 aliphatic heterocycles. The van der Waals surface area contributed by atoms with E-state index in [0.717, 1.165) is 44.9 Å². The van der Waals surface area contributed by atoms with Gasteiger partial charge in [0, 0.05) is 18.6 Å². The Morgan fingerprint density at radius 2 is 0.875 bits per heavy atom. The van der Waals surface area contributed by atoms with Gasteiger partial charge in [0.1, 0.15) is 0 Å². The summed E-state index contributed by atoms with van der Waals surface area (Å²) in [7, 11) is -34.7. The van der Waals surface area contributed by atoms with E-state index in [9.17, 15) is 47.0 Å². The maximum absolute atomic E-state index is 11.8. The molecule has 0 bridgehead atoms. The van der Waals surface area contributed by atoms with Crippen LogP contribution < -0.4 is 0 Å². The standard InChI is InChI=1S/C12H31N3O19P6/c1-28-35(16,17)30-37(20,21)32-39(24,25)34-40(26,27)33-38(22,23)31-36(18,19)29-12-10-8-6-4-2-3-5-7-9-11-14-15-13/h2-12H2,1H3,(H,16,17)(H,18,19)(H,20,21)(H,22,23)(H,24,25)(H,26,27). The molecular formula is C12H31N3O19P6. The van der Waals surface area contributed by atoms with Crippen LogP contribution in [0.1, 0.15) is 57.8 Å². The van der Waals surface area contributed by atoms with Crippen LogP contribution in [0.25, 0.3) is 10.4 Å². The Bertz CT molecular complexity index is 1130. The number of hydrogen-bond acceptors (Lipinski definition) is 14. The number of hydrogen-bond donors (Lipinski definition) is 6. The van der Waals surface area contributed by atoms with Crippen molar-refractivity contribution in [2.45, 2.75) is 57.8 Å². The minimum Gasteiger partial charge on any atom is -0.302 e. The van der Waals surface area contributed by atoms with E-state index in [0.29, 0.717) is 20.1 Å². The zero-order valence-electron chi connectivity index (χ0n) is 20.8. The van der Waals surface area contributed by atoms with Gasteiger partial charge in [0.05, 0.1) is 6.61 Å². The number of nitrogens with zero attached hydrogens (tertiary/aromatic N) is 3. The van der Waals surface area contributed by atoms with Gasteiger partial charge in [-0.2, -0.15) is 21.6 Å². The smallest absolute Gasteiger partial charge is 0.302 e. The molecule has 0 rings (SSSR count). The van der Waals surface area contributed by atoms with E-state index in [1.54, 1.807) is 0 Å². The van der Waals surface area contributed by atoms with Gasteiger partial charge in [0.2, 0.25) is 0 Å². The Balaban J connectivity index is 4.55. The Kier molecular flexibility index (Phi) is 18.2. The number of phosphoric acid groups is 6. The molecule has 0 aliphatic carbocycles. The van der Waals surface area contributed by atoms with Crippen LogP contribution in [0.2, 0.25) is 0 Å². The van der Waals surface area contributed by atoms with Crippen molar-refractivity contribution in [3.05, 3.63) is 10.4 Å². The van der Waals surface area contributed by atoms with Crippen LogP contribution in [0.3, 0.4) is 0 Å². The summed E-state index contributed by atoms with van der Waals surface area (Å²) < 4.78 is 95.6. The van der Waals surface area contributed by atoms with Crippen molar-refractivity contribution in [1.82, 2.24) is 0 Å². The first-order valence-corrected chi connectivity index (χ1v) is 19.9. The van der Waals surface area contributed by atoms with Crippen LogP contribution in [0.5, 0.6) is 0 Å². The van der Waals surface area contributed by atoms with Gasteiger partial charge >= 0.3 is 46.9 Å². The molecule has 28 heteroatoms. The van der Waals surface area contributed by atoms with Crippen LogP contribution in [-0.2, 0) is 58.0 Å². The van der Waals surface area contributed by atoms with Crippen molar-refractivity contribution in [2.24, 2.45) is 5.11 Å². The summed E-state index contributed by atoms with van der Waals surface area (Å²) in [6.07, 6.45) is 6.99. The van der Waals surface area contributed by atoms with E-state index in [-0.39, 0.29) is 6.42 Å². The van der Waals surface area contributed by atoms with Gasteiger partial charge in [-0.1, -0.05) is 50.1 Å². The number of rotatable bonds is 24. The summed E-state index contributed by atoms with van der Waals surface area (Å²) in [6.45, 7) is 0.0137. The molecule has 6 atom stereocenters. The van der Waals surface area contributed by atoms with Gasteiger partial charge in [-0.05, 0) is 18.4 Å². The molecule has 0 spiro atoms. The Morgan fingerprint density at radius 1 is 0.550 bits per heavy atom. The van der Waals surface area contributed by atoms with Crippen LogP contribution in [0.15, 0.2) is 5.11 Å². The fourth-order valence-electron chi connectivity index (χ4n) is 2.52. The summed E-state index contributed by atoms with van der Waals surface area (Å²) in [5, 5.41) is 3.43. The summed E-state index contributed by atoms with van der Waals surface area (Å²) in [5.41, 5.74) is 8.16. The molecule has 22 nitrogen and oxygen atoms in total. The van der Waals surface area contributed by atoms with Crippen LogP contribution >= 0.6 is 46.9 Å². The summed E-state index contributed by atoms with van der Waals surface area (Å²) in [4.78, 5) is 58.4. The highest BCUT2D eigenvalue weighted by Gasteiger charge is 2.49. The second kappa shape index (κ2) is 18.1. The maximum atomic E-state index is 11.8. The molecule has 0 aliphatic rings. The van der Waals surface area contributed by atoms with Crippen LogP contribution in [-0.4, -0.2) is 49.6 Å². The van der Waals surface area contributed by atoms with E-state index in [1.165, 1.54) is 0 Å². The molecule has 0 saturated heterocycles. The predicted molar refractivity (Wildman–Crippen MR) is 133 cm³/mol. The lowest BCUT2D eigenvalue weighted by Gasteiger charge is -2.20. The van der Waals surface area contributed by atoms with Crippen molar-refractivity contribution in [3.63, 3.8) is 0 Å². The van der Waals surface area contributed by atoms with E-state index >= 15 is 0 Å². The highest BCUT2D eigenvalue weighted by Crippen LogP contribution is 2.75. The first kappa shape index (κ1) is 40.2. The van der Waals surface area contributed by atoms with Gasteiger partial charge in [0.15, 0.2) is 0 Å². The largest absolute Gasteiger partial charge is 0.490 e. The van der Waals surface area contributed by atoms with E-state index in [1.807, 2.05) is 0 Å². The third kappa shape index (κ3) is 21.8. The molecule has 6 N–H and O–H groups in total. The number of azide groups is 1. The molecule has 238 valence electrons. The molecule has 0 amide bonds. The molecule has 0 aromatic rings. The summed E-state index contributed by atoms with van der Waals surface area (Å²) in [5.74, 6) is 0. The van der Waals surface area contributed by atoms with Crippen LogP contribution in [0, 0.1) is 0 Å². The molecule has 0 radical (unpaired) electrons. The monoisotopic (exact) mass is 707 g/mol. The lowest BCUT2D eigenvalue weighted by atomic mass is 10.1. The van der Waals surface area contributed by atoms with Crippen molar-refractivity contribution in [1.29, 1.82) is 0 Å². The Hall–Kier alpha value is 0.170. The first-order chi connectivity index (χ1) is 18.2. The minimum atomic E-state index is -6.26. The average molecular weight is 707 g/mol. The molecule has 0 aromatic heterocycles. The number of unbranched alkanes of at least 4 members (excludes halogenated alkanes) is 8. The second-order valence-electron chi connectivity index (χ2n) is 7.37. The molecule has 0 heterocycles. The van der Waals surface area contributed by atoms with Gasteiger partial charge < -0.3 is 29.4 Å². The molecular weight excluding hydrogens is 676 g/mol. The summed E-state index contributed by atoms with van der Waals surface area (Å²) >= 11 is 0. The quantitative estimate of drug-likeness (QED) is 0.0248. The van der Waals surface area contributed by atoms with E-state index < -0.39 is 53.5 Å². The molecule has 0 aromatic carbocycles. The lowest BCUT2D eigenvalue weighted by Crippen LogP contribution is -2.00. The number of phosphoric ester groups is 2. The maximum Gasteiger partial charge on any atom is 0.490 e. The summed E-state index contributed by atoms with van der Waals surface area (Å²) in [6, 6.07) is 0. The average Bonchev–Trinajstić information content (AvgIpc) is 2.72. The zero-order chi connectivity index (χ0) is 31.1. The lowest BCUT2D eigenvalue weighted by molar-refractivity contribution is 0.166. The highest BCUT2D eigenvalue weighted by atomic mass is 31.3. The van der Waals surface area contributed by atoms with Crippen molar-refractivity contribution >= 4 is 46.9 Å². The SMILES string of the molecule is COP(=O)(O)OP(=O)(O)OP(=O)(O)OP(=O)(O)OP(=O)(O)OP(=O)(O)OCCCCCCCCCCCN=[N+]=[N-]. The van der Waals surface area contributed by atoms with Gasteiger partial charge in [-0.25, -0.2) is 27.4 Å². The first-order valence-electron chi connectivity index (χ1n) is 10.9. The zero-order valence-corrected chi connectivity index (χ0v) is 26.2. The van der Waals surface area contributed by atoms with Gasteiger partial charge in [-0.15, -0.1) is 0 Å². The molecule has 0 fully saturated rings. The van der Waals surface area contributed by atoms with Crippen molar-refractivity contribution in [2.75, 3.05) is 20.3 Å². The van der Waals surface area contributed by atoms with E-state index in [4.69, 9.17) is 15.3 Å². The Morgan fingerprint density at radius 3 is 1.25 bits per heavy atom. The van der Waals surface area contributed by atoms with Gasteiger partial charge in [-0.3, -0.25) is 9.05 Å². The van der Waals surface area contributed by atoms with Gasteiger partial charge in [0.25, 0.3) is 0 Å². The van der Waals surface area contributed by atoms with Crippen molar-refractivity contribution < 1.29 is 87.4 Å². The fourth-order valence-corrected chi connectivity index (χ4v) is 10.1. The normalized spacial score (nSPS) is 21.0. The topological polar surface area (TPSA) is 337 Å². The fraction of sp³-hybridized carbons (Fsp3) is 1.00. The molecule has 0 saturated carbocycles. The second-order valence-corrected chi connectivity index (χ2v) is 16.9. The highest BCUT2D eigenvalue weighted by molar-refractivity contribution is 7.72. The third-order valence-electron chi connectivity index (χ3n) is 3.98.